The van der Waals surface area contributed by atoms with Crippen molar-refractivity contribution in [3.63, 3.8) is 0 Å². The van der Waals surface area contributed by atoms with E-state index >= 15 is 0 Å². The van der Waals surface area contributed by atoms with Gasteiger partial charge in [-0.1, -0.05) is 344 Å². The van der Waals surface area contributed by atoms with E-state index in [1.807, 2.05) is 0 Å². The van der Waals surface area contributed by atoms with Crippen LogP contribution in [0.5, 0.6) is 0 Å². The zero-order valence-electron chi connectivity index (χ0n) is 63.7. The van der Waals surface area contributed by atoms with E-state index in [9.17, 15) is 43.2 Å². The Morgan fingerprint density at radius 2 is 0.495 bits per heavy atom. The van der Waals surface area contributed by atoms with E-state index in [-0.39, 0.29) is 25.7 Å². The molecule has 0 aliphatic carbocycles. The lowest BCUT2D eigenvalue weighted by atomic mass is 10.00. The van der Waals surface area contributed by atoms with Crippen LogP contribution in [0.4, 0.5) is 0 Å². The molecule has 97 heavy (non-hydrogen) atoms. The molecule has 17 nitrogen and oxygen atoms in total. The molecule has 3 N–H and O–H groups in total. The number of aliphatic hydroxyl groups is 1. The highest BCUT2D eigenvalue weighted by Crippen LogP contribution is 2.45. The molecule has 0 aliphatic rings. The lowest BCUT2D eigenvalue weighted by molar-refractivity contribution is -0.161. The predicted molar refractivity (Wildman–Crippen MR) is 395 cm³/mol. The molecule has 0 amide bonds. The molecule has 6 atom stereocenters. The number of carbonyl (C=O) groups excluding carboxylic acids is 4. The molecule has 0 saturated heterocycles. The van der Waals surface area contributed by atoms with Crippen LogP contribution in [0.25, 0.3) is 0 Å². The molecular weight excluding hydrogens is 1270 g/mol. The average Bonchev–Trinajstić information content (AvgIpc) is 1.29. The van der Waals surface area contributed by atoms with Crippen LogP contribution in [0.2, 0.25) is 0 Å². The van der Waals surface area contributed by atoms with E-state index in [4.69, 9.17) is 37.0 Å². The Bertz CT molecular complexity index is 1900. The number of ether oxygens (including phenoxy) is 4. The van der Waals surface area contributed by atoms with Crippen LogP contribution >= 0.6 is 15.6 Å². The summed E-state index contributed by atoms with van der Waals surface area (Å²) in [6.45, 7) is 14.2. The Hall–Kier alpha value is -1.94. The van der Waals surface area contributed by atoms with Gasteiger partial charge < -0.3 is 33.8 Å². The summed E-state index contributed by atoms with van der Waals surface area (Å²) in [4.78, 5) is 72.9. The average molecular weight is 1420 g/mol. The fraction of sp³-hybridized carbons (Fsp3) is 0.949. The molecule has 0 rings (SSSR count). The molecular formula is C78H152O17P2. The van der Waals surface area contributed by atoms with Gasteiger partial charge >= 0.3 is 39.5 Å². The normalized spacial score (nSPS) is 14.4. The van der Waals surface area contributed by atoms with Gasteiger partial charge in [0.1, 0.15) is 19.3 Å². The molecule has 0 aliphatic heterocycles. The third-order valence-electron chi connectivity index (χ3n) is 18.4. The maximum atomic E-state index is 13.1. The van der Waals surface area contributed by atoms with Gasteiger partial charge in [-0.25, -0.2) is 9.13 Å². The van der Waals surface area contributed by atoms with Gasteiger partial charge in [-0.2, -0.15) is 0 Å². The van der Waals surface area contributed by atoms with Crippen molar-refractivity contribution in [1.29, 1.82) is 0 Å². The van der Waals surface area contributed by atoms with Gasteiger partial charge in [-0.15, -0.1) is 0 Å². The minimum atomic E-state index is -4.96. The second kappa shape index (κ2) is 67.2. The summed E-state index contributed by atoms with van der Waals surface area (Å²) in [5, 5.41) is 10.6. The maximum Gasteiger partial charge on any atom is 0.472 e. The highest BCUT2D eigenvalue weighted by atomic mass is 31.2. The Labute approximate surface area is 594 Å². The van der Waals surface area contributed by atoms with Crippen molar-refractivity contribution >= 4 is 39.5 Å². The minimum absolute atomic E-state index is 0.106. The first kappa shape index (κ1) is 95.1. The summed E-state index contributed by atoms with van der Waals surface area (Å²) >= 11 is 0. The fourth-order valence-corrected chi connectivity index (χ4v) is 13.5. The standard InChI is InChI=1S/C78H152O17P2/c1-9-71(8)57-49-41-36-37-43-51-59-76(81)89-65-74(95-77(82)60-52-44-34-28-22-15-11-10-13-18-24-30-38-46-54-68(2)3)67-93-97(86,87)91-63-72(79)62-90-96(84,85)92-66-73(94-78(83)61-53-45-35-29-23-17-20-26-32-40-48-56-70(6)7)64-88-75(80)58-50-42-33-27-21-16-12-14-19-25-31-39-47-55-69(4)5/h68-74,79H,9-67H2,1-8H3,(H,84,85)(H,86,87)/t71?,72-,73-,74-/m1/s1. The first-order valence-corrected chi connectivity index (χ1v) is 43.2. The molecule has 0 bridgehead atoms. The number of hydrogen-bond acceptors (Lipinski definition) is 15. The van der Waals surface area contributed by atoms with Gasteiger partial charge in [0.25, 0.3) is 0 Å². The van der Waals surface area contributed by atoms with Gasteiger partial charge in [-0.3, -0.25) is 37.3 Å². The van der Waals surface area contributed by atoms with Crippen molar-refractivity contribution < 1.29 is 80.2 Å². The van der Waals surface area contributed by atoms with Crippen LogP contribution in [0.15, 0.2) is 0 Å². The van der Waals surface area contributed by atoms with Crippen LogP contribution in [0, 0.1) is 23.7 Å². The molecule has 0 aromatic carbocycles. The van der Waals surface area contributed by atoms with E-state index in [0.29, 0.717) is 25.7 Å². The van der Waals surface area contributed by atoms with E-state index in [1.165, 1.54) is 193 Å². The van der Waals surface area contributed by atoms with Crippen molar-refractivity contribution in [2.45, 2.75) is 414 Å². The molecule has 0 spiro atoms. The first-order valence-electron chi connectivity index (χ1n) is 40.2. The van der Waals surface area contributed by atoms with Gasteiger partial charge in [0.15, 0.2) is 12.2 Å². The Morgan fingerprint density at radius 1 is 0.289 bits per heavy atom. The summed E-state index contributed by atoms with van der Waals surface area (Å²) in [7, 11) is -9.92. The van der Waals surface area contributed by atoms with E-state index in [2.05, 4.69) is 55.4 Å². The topological polar surface area (TPSA) is 237 Å². The van der Waals surface area contributed by atoms with Gasteiger partial charge in [0, 0.05) is 25.7 Å². The number of phosphoric ester groups is 2. The molecule has 3 unspecified atom stereocenters. The number of phosphoric acid groups is 2. The van der Waals surface area contributed by atoms with Crippen LogP contribution < -0.4 is 0 Å². The van der Waals surface area contributed by atoms with Crippen molar-refractivity contribution in [3.8, 4) is 0 Å². The SMILES string of the molecule is CCC(C)CCCCCCCCC(=O)OC[C@H](COP(=O)(O)OC[C@H](O)COP(=O)(O)OC[C@@H](COC(=O)CCCCCCCCCCCCCCCC(C)C)OC(=O)CCCCCCCCCCCCCC(C)C)OC(=O)CCCCCCCCCCCCCCCCC(C)C. The number of rotatable bonds is 75. The highest BCUT2D eigenvalue weighted by molar-refractivity contribution is 7.47. The lowest BCUT2D eigenvalue weighted by Gasteiger charge is -2.21. The lowest BCUT2D eigenvalue weighted by Crippen LogP contribution is -2.30. The summed E-state index contributed by atoms with van der Waals surface area (Å²) in [6, 6.07) is 0. The molecule has 576 valence electrons. The van der Waals surface area contributed by atoms with Crippen LogP contribution in [-0.2, 0) is 65.4 Å². The Balaban J connectivity index is 5.25. The largest absolute Gasteiger partial charge is 0.472 e. The number of aliphatic hydroxyl groups excluding tert-OH is 1. The number of esters is 4. The van der Waals surface area contributed by atoms with Gasteiger partial charge in [0.2, 0.25) is 0 Å². The van der Waals surface area contributed by atoms with E-state index in [0.717, 1.165) is 120 Å². The molecule has 0 heterocycles. The number of carbonyl (C=O) groups is 4. The summed E-state index contributed by atoms with van der Waals surface area (Å²) in [5.41, 5.74) is 0. The van der Waals surface area contributed by atoms with E-state index in [1.54, 1.807) is 0 Å². The second-order valence-corrected chi connectivity index (χ2v) is 32.7. The number of hydrogen-bond donors (Lipinski definition) is 3. The van der Waals surface area contributed by atoms with Crippen molar-refractivity contribution in [3.05, 3.63) is 0 Å². The van der Waals surface area contributed by atoms with Gasteiger partial charge in [-0.05, 0) is 49.4 Å². The Morgan fingerprint density at radius 3 is 0.732 bits per heavy atom. The third kappa shape index (κ3) is 70.9. The highest BCUT2D eigenvalue weighted by Gasteiger charge is 2.30. The summed E-state index contributed by atoms with van der Waals surface area (Å²) in [6.07, 6.45) is 52.7. The van der Waals surface area contributed by atoms with E-state index < -0.39 is 97.5 Å². The van der Waals surface area contributed by atoms with Crippen molar-refractivity contribution in [1.82, 2.24) is 0 Å². The third-order valence-corrected chi connectivity index (χ3v) is 20.3. The smallest absolute Gasteiger partial charge is 0.462 e. The number of unbranched alkanes of at least 4 members (excludes halogenated alkanes) is 40. The fourth-order valence-electron chi connectivity index (χ4n) is 11.9. The zero-order chi connectivity index (χ0) is 71.7. The summed E-state index contributed by atoms with van der Waals surface area (Å²) in [5.74, 6) is 0.964. The molecule has 0 saturated carbocycles. The van der Waals surface area contributed by atoms with Crippen LogP contribution in [-0.4, -0.2) is 96.7 Å². The molecule has 0 fully saturated rings. The Kier molecular flexibility index (Phi) is 65.9. The van der Waals surface area contributed by atoms with Crippen molar-refractivity contribution in [2.24, 2.45) is 23.7 Å². The minimum Gasteiger partial charge on any atom is -0.462 e. The molecule has 19 heteroatoms. The molecule has 0 aromatic rings. The second-order valence-electron chi connectivity index (χ2n) is 29.8. The maximum absolute atomic E-state index is 13.1. The predicted octanol–water partition coefficient (Wildman–Crippen LogP) is 22.8. The quantitative estimate of drug-likeness (QED) is 0.0222. The van der Waals surface area contributed by atoms with Crippen molar-refractivity contribution in [2.75, 3.05) is 39.6 Å². The molecule has 0 radical (unpaired) electrons. The van der Waals surface area contributed by atoms with Crippen LogP contribution in [0.3, 0.4) is 0 Å². The molecule has 0 aromatic heterocycles. The zero-order valence-corrected chi connectivity index (χ0v) is 65.5. The van der Waals surface area contributed by atoms with Crippen LogP contribution in [0.1, 0.15) is 396 Å². The first-order chi connectivity index (χ1) is 46.6. The monoisotopic (exact) mass is 1420 g/mol. The van der Waals surface area contributed by atoms with Gasteiger partial charge in [0.05, 0.1) is 26.4 Å². The summed E-state index contributed by atoms with van der Waals surface area (Å²) < 4.78 is 68.6.